The first-order valence-electron chi connectivity index (χ1n) is 19.9. The normalized spacial score (nSPS) is 13.3. The molecule has 11 aromatic rings. The van der Waals surface area contributed by atoms with E-state index in [2.05, 4.69) is 205 Å². The van der Waals surface area contributed by atoms with Crippen molar-refractivity contribution in [2.75, 3.05) is 0 Å². The standard InChI is InChI=1S/C55H37NO/c1-2-16-36(17-3-1)34-55(35-37-30-32-38(33-31-37)56-49-28-14-12-22-43(49)44-23-13-15-29-50(44)56)51-45-24-8-4-18-39(45)41-20-6-10-26-47(41)53(51)57-54-48-27-11-7-21-42(48)40-19-5-9-25-46(40)52(54)55/h1-33H,34-35H2. The summed E-state index contributed by atoms with van der Waals surface area (Å²) in [5, 5.41) is 12.3. The van der Waals surface area contributed by atoms with Crippen LogP contribution < -0.4 is 4.74 Å². The summed E-state index contributed by atoms with van der Waals surface area (Å²) in [5.41, 5.74) is 8.20. The molecule has 1 aliphatic heterocycles. The molecule has 2 heterocycles. The molecule has 0 N–H and O–H groups in total. The van der Waals surface area contributed by atoms with Crippen LogP contribution in [-0.2, 0) is 18.3 Å². The lowest BCUT2D eigenvalue weighted by Gasteiger charge is -2.43. The third kappa shape index (κ3) is 4.71. The van der Waals surface area contributed by atoms with Gasteiger partial charge in [-0.05, 0) is 80.6 Å². The maximum absolute atomic E-state index is 7.50. The first-order valence-corrected chi connectivity index (χ1v) is 19.9. The van der Waals surface area contributed by atoms with Gasteiger partial charge >= 0.3 is 0 Å². The summed E-state index contributed by atoms with van der Waals surface area (Å²) in [7, 11) is 0. The van der Waals surface area contributed by atoms with Crippen molar-refractivity contribution in [3.63, 3.8) is 0 Å². The summed E-state index contributed by atoms with van der Waals surface area (Å²) in [4.78, 5) is 0. The molecule has 57 heavy (non-hydrogen) atoms. The Bertz CT molecular complexity index is 3200. The molecule has 1 aromatic heterocycles. The first kappa shape index (κ1) is 32.1. The monoisotopic (exact) mass is 727 g/mol. The molecule has 0 saturated carbocycles. The second-order valence-corrected chi connectivity index (χ2v) is 15.7. The van der Waals surface area contributed by atoms with E-state index in [1.165, 1.54) is 76.4 Å². The van der Waals surface area contributed by atoms with Crippen molar-refractivity contribution >= 4 is 64.9 Å². The predicted octanol–water partition coefficient (Wildman–Crippen LogP) is 14.3. The maximum Gasteiger partial charge on any atom is 0.140 e. The largest absolute Gasteiger partial charge is 0.455 e. The fourth-order valence-corrected chi connectivity index (χ4v) is 10.3. The lowest BCUT2D eigenvalue weighted by Crippen LogP contribution is -2.37. The van der Waals surface area contributed by atoms with Crippen LogP contribution in [0.15, 0.2) is 200 Å². The van der Waals surface area contributed by atoms with Gasteiger partial charge in [-0.25, -0.2) is 0 Å². The average Bonchev–Trinajstić information content (AvgIpc) is 3.61. The molecule has 2 nitrogen and oxygen atoms in total. The Hall–Kier alpha value is -7.16. The minimum Gasteiger partial charge on any atom is -0.455 e. The molecule has 0 saturated heterocycles. The van der Waals surface area contributed by atoms with E-state index in [4.69, 9.17) is 4.74 Å². The van der Waals surface area contributed by atoms with Crippen LogP contribution in [0.4, 0.5) is 0 Å². The SMILES string of the molecule is c1ccc(CC2(Cc3ccc(-n4c5ccccc5c5ccccc54)cc3)c3c(c4ccccc4c4ccccc34)Oc3c2c2ccccc2c2ccccc32)cc1. The van der Waals surface area contributed by atoms with Gasteiger partial charge in [-0.1, -0.05) is 176 Å². The van der Waals surface area contributed by atoms with Crippen LogP contribution in [0.25, 0.3) is 70.6 Å². The van der Waals surface area contributed by atoms with Crippen LogP contribution in [0.2, 0.25) is 0 Å². The highest BCUT2D eigenvalue weighted by atomic mass is 16.5. The summed E-state index contributed by atoms with van der Waals surface area (Å²) in [6, 6.07) is 73.5. The molecule has 0 amide bonds. The van der Waals surface area contributed by atoms with Gasteiger partial charge in [0.25, 0.3) is 0 Å². The molecule has 0 unspecified atom stereocenters. The van der Waals surface area contributed by atoms with Crippen LogP contribution >= 0.6 is 0 Å². The van der Waals surface area contributed by atoms with Gasteiger partial charge < -0.3 is 9.30 Å². The summed E-state index contributed by atoms with van der Waals surface area (Å²) in [5.74, 6) is 1.94. The van der Waals surface area contributed by atoms with Crippen molar-refractivity contribution in [1.29, 1.82) is 0 Å². The second-order valence-electron chi connectivity index (χ2n) is 15.7. The Balaban J connectivity index is 1.18. The number of nitrogens with zero attached hydrogens (tertiary/aromatic N) is 1. The van der Waals surface area contributed by atoms with Crippen LogP contribution in [0.5, 0.6) is 11.5 Å². The average molecular weight is 728 g/mol. The van der Waals surface area contributed by atoms with Crippen molar-refractivity contribution in [3.05, 3.63) is 222 Å². The Kier molecular flexibility index (Phi) is 7.00. The van der Waals surface area contributed by atoms with E-state index in [0.717, 1.165) is 40.8 Å². The molecule has 268 valence electrons. The van der Waals surface area contributed by atoms with Gasteiger partial charge in [0.1, 0.15) is 11.5 Å². The number of ether oxygens (including phenoxy) is 1. The van der Waals surface area contributed by atoms with Gasteiger partial charge in [-0.2, -0.15) is 0 Å². The molecule has 0 aliphatic carbocycles. The Labute approximate surface area is 330 Å². The van der Waals surface area contributed by atoms with E-state index >= 15 is 0 Å². The molecule has 2 heteroatoms. The van der Waals surface area contributed by atoms with E-state index < -0.39 is 5.41 Å². The zero-order valence-corrected chi connectivity index (χ0v) is 31.3. The van der Waals surface area contributed by atoms with Crippen molar-refractivity contribution in [1.82, 2.24) is 4.57 Å². The molecule has 0 spiro atoms. The number of aromatic nitrogens is 1. The number of para-hydroxylation sites is 2. The van der Waals surface area contributed by atoms with Gasteiger partial charge in [-0.3, -0.25) is 0 Å². The van der Waals surface area contributed by atoms with E-state index in [1.54, 1.807) is 0 Å². The third-order valence-corrected chi connectivity index (χ3v) is 12.6. The van der Waals surface area contributed by atoms with E-state index in [-0.39, 0.29) is 0 Å². The van der Waals surface area contributed by atoms with Gasteiger partial charge in [0.05, 0.1) is 11.0 Å². The minimum atomic E-state index is -0.508. The third-order valence-electron chi connectivity index (χ3n) is 12.6. The summed E-state index contributed by atoms with van der Waals surface area (Å²) in [6.07, 6.45) is 1.58. The summed E-state index contributed by atoms with van der Waals surface area (Å²) in [6.45, 7) is 0. The Morgan fingerprint density at radius 2 is 0.667 bits per heavy atom. The van der Waals surface area contributed by atoms with Gasteiger partial charge in [0.2, 0.25) is 0 Å². The van der Waals surface area contributed by atoms with Crippen molar-refractivity contribution < 1.29 is 4.74 Å². The predicted molar refractivity (Wildman–Crippen MR) is 238 cm³/mol. The van der Waals surface area contributed by atoms with Gasteiger partial charge in [-0.15, -0.1) is 0 Å². The van der Waals surface area contributed by atoms with Crippen molar-refractivity contribution in [2.45, 2.75) is 18.3 Å². The van der Waals surface area contributed by atoms with Crippen LogP contribution in [0.3, 0.4) is 0 Å². The summed E-state index contributed by atoms with van der Waals surface area (Å²) >= 11 is 0. The highest BCUT2D eigenvalue weighted by Gasteiger charge is 2.46. The van der Waals surface area contributed by atoms with E-state index in [1.807, 2.05) is 0 Å². The maximum atomic E-state index is 7.50. The zero-order chi connectivity index (χ0) is 37.5. The number of rotatable bonds is 5. The first-order chi connectivity index (χ1) is 28.3. The number of hydrogen-bond donors (Lipinski definition) is 0. The van der Waals surface area contributed by atoms with Gasteiger partial charge in [0, 0.05) is 43.8 Å². The van der Waals surface area contributed by atoms with Crippen molar-refractivity contribution in [2.24, 2.45) is 0 Å². The van der Waals surface area contributed by atoms with E-state index in [0.29, 0.717) is 0 Å². The lowest BCUT2D eigenvalue weighted by atomic mass is 9.62. The quantitative estimate of drug-likeness (QED) is 0.161. The lowest BCUT2D eigenvalue weighted by molar-refractivity contribution is 0.399. The fourth-order valence-electron chi connectivity index (χ4n) is 10.3. The highest BCUT2D eigenvalue weighted by molar-refractivity contribution is 6.17. The van der Waals surface area contributed by atoms with Crippen LogP contribution in [0, 0.1) is 0 Å². The minimum absolute atomic E-state index is 0.508. The highest BCUT2D eigenvalue weighted by Crippen LogP contribution is 2.60. The molecule has 0 bridgehead atoms. The fraction of sp³-hybridized carbons (Fsp3) is 0.0545. The molecular weight excluding hydrogens is 691 g/mol. The Morgan fingerprint density at radius 1 is 0.316 bits per heavy atom. The topological polar surface area (TPSA) is 14.2 Å². The Morgan fingerprint density at radius 3 is 1.14 bits per heavy atom. The molecule has 0 atom stereocenters. The molecule has 0 radical (unpaired) electrons. The number of benzene rings is 10. The van der Waals surface area contributed by atoms with E-state index in [9.17, 15) is 0 Å². The number of hydrogen-bond acceptors (Lipinski definition) is 1. The molecule has 0 fully saturated rings. The second kappa shape index (κ2) is 12.4. The zero-order valence-electron chi connectivity index (χ0n) is 31.3. The molecular formula is C55H37NO. The van der Waals surface area contributed by atoms with Crippen LogP contribution in [0.1, 0.15) is 22.3 Å². The van der Waals surface area contributed by atoms with Crippen LogP contribution in [-0.4, -0.2) is 4.57 Å². The van der Waals surface area contributed by atoms with Crippen molar-refractivity contribution in [3.8, 4) is 17.2 Å². The smallest absolute Gasteiger partial charge is 0.140 e. The molecule has 12 rings (SSSR count). The number of fused-ring (bicyclic) bond motifs is 15. The van der Waals surface area contributed by atoms with Gasteiger partial charge in [0.15, 0.2) is 0 Å². The molecule has 1 aliphatic rings. The molecule has 10 aromatic carbocycles. The summed E-state index contributed by atoms with van der Waals surface area (Å²) < 4.78 is 9.91.